The summed E-state index contributed by atoms with van der Waals surface area (Å²) in [7, 11) is 0. The lowest BCUT2D eigenvalue weighted by atomic mass is 10.1. The average molecular weight is 250 g/mol. The Kier molecular flexibility index (Phi) is 5.70. The van der Waals surface area contributed by atoms with Gasteiger partial charge in [0.15, 0.2) is 0 Å². The van der Waals surface area contributed by atoms with Crippen LogP contribution in [0.2, 0.25) is 0 Å². The highest BCUT2D eigenvalue weighted by Gasteiger charge is 2.19. The Bertz CT molecular complexity index is 392. The topological polar surface area (TPSA) is 78.4 Å². The van der Waals surface area contributed by atoms with Crippen molar-refractivity contribution in [1.29, 1.82) is 0 Å². The Morgan fingerprint density at radius 2 is 1.94 bits per heavy atom. The van der Waals surface area contributed by atoms with Gasteiger partial charge in [-0.1, -0.05) is 38.0 Å². The first-order valence-electron chi connectivity index (χ1n) is 5.99. The van der Waals surface area contributed by atoms with Gasteiger partial charge < -0.3 is 15.7 Å². The number of para-hydroxylation sites is 1. The van der Waals surface area contributed by atoms with Crippen LogP contribution in [0.5, 0.6) is 0 Å². The standard InChI is InChI=1S/C13H18N2O3/c1-2-3-9-11(15-13(17)18)12(16)14-10-7-5-4-6-8-10/h4-8,11,15H,2-3,9H2,1H3,(H,14,16)(H,17,18). The number of carbonyl (C=O) groups is 2. The third-order valence-corrected chi connectivity index (χ3v) is 2.50. The molecule has 1 unspecified atom stereocenters. The van der Waals surface area contributed by atoms with E-state index in [-0.39, 0.29) is 5.91 Å². The van der Waals surface area contributed by atoms with Crippen LogP contribution < -0.4 is 10.6 Å². The molecule has 0 aliphatic heterocycles. The van der Waals surface area contributed by atoms with Crippen LogP contribution in [0.4, 0.5) is 10.5 Å². The van der Waals surface area contributed by atoms with E-state index in [1.54, 1.807) is 24.3 Å². The van der Waals surface area contributed by atoms with Crippen LogP contribution in [0.1, 0.15) is 26.2 Å². The smallest absolute Gasteiger partial charge is 0.405 e. The Hall–Kier alpha value is -2.04. The van der Waals surface area contributed by atoms with E-state index >= 15 is 0 Å². The molecule has 1 aromatic carbocycles. The number of unbranched alkanes of at least 4 members (excludes halogenated alkanes) is 1. The lowest BCUT2D eigenvalue weighted by Gasteiger charge is -2.16. The summed E-state index contributed by atoms with van der Waals surface area (Å²) in [5.41, 5.74) is 0.663. The SMILES string of the molecule is CCCCC(NC(=O)O)C(=O)Nc1ccccc1. The van der Waals surface area contributed by atoms with Gasteiger partial charge in [0.2, 0.25) is 5.91 Å². The van der Waals surface area contributed by atoms with E-state index in [2.05, 4.69) is 10.6 Å². The summed E-state index contributed by atoms with van der Waals surface area (Å²) >= 11 is 0. The van der Waals surface area contributed by atoms with Crippen molar-refractivity contribution in [2.24, 2.45) is 0 Å². The normalized spacial score (nSPS) is 11.6. The molecular weight excluding hydrogens is 232 g/mol. The first-order valence-corrected chi connectivity index (χ1v) is 5.99. The zero-order chi connectivity index (χ0) is 13.4. The third-order valence-electron chi connectivity index (χ3n) is 2.50. The van der Waals surface area contributed by atoms with E-state index in [1.807, 2.05) is 13.0 Å². The minimum atomic E-state index is -1.18. The number of carbonyl (C=O) groups excluding carboxylic acids is 1. The van der Waals surface area contributed by atoms with Crippen molar-refractivity contribution in [2.45, 2.75) is 32.2 Å². The lowest BCUT2D eigenvalue weighted by molar-refractivity contribution is -0.118. The Labute approximate surface area is 106 Å². The molecule has 5 heteroatoms. The molecule has 0 spiro atoms. The highest BCUT2D eigenvalue weighted by molar-refractivity contribution is 5.96. The molecule has 1 aromatic rings. The maximum atomic E-state index is 11.9. The van der Waals surface area contributed by atoms with Crippen molar-refractivity contribution in [1.82, 2.24) is 5.32 Å². The average Bonchev–Trinajstić information content (AvgIpc) is 2.35. The van der Waals surface area contributed by atoms with Crippen molar-refractivity contribution >= 4 is 17.7 Å². The van der Waals surface area contributed by atoms with E-state index in [1.165, 1.54) is 0 Å². The zero-order valence-electron chi connectivity index (χ0n) is 10.3. The Morgan fingerprint density at radius 3 is 2.50 bits per heavy atom. The van der Waals surface area contributed by atoms with E-state index in [4.69, 9.17) is 5.11 Å². The Balaban J connectivity index is 2.60. The first-order chi connectivity index (χ1) is 8.63. The summed E-state index contributed by atoms with van der Waals surface area (Å²) in [6, 6.07) is 8.27. The highest BCUT2D eigenvalue weighted by Crippen LogP contribution is 2.08. The molecule has 1 rings (SSSR count). The van der Waals surface area contributed by atoms with Crippen molar-refractivity contribution in [3.05, 3.63) is 30.3 Å². The maximum Gasteiger partial charge on any atom is 0.405 e. The molecule has 0 aliphatic carbocycles. The Morgan fingerprint density at radius 1 is 1.28 bits per heavy atom. The molecule has 5 nitrogen and oxygen atoms in total. The maximum absolute atomic E-state index is 11.9. The molecule has 0 aliphatic rings. The molecule has 0 saturated carbocycles. The fourth-order valence-corrected chi connectivity index (χ4v) is 1.58. The van der Waals surface area contributed by atoms with Gasteiger partial charge in [0, 0.05) is 5.69 Å². The molecule has 0 fully saturated rings. The number of benzene rings is 1. The summed E-state index contributed by atoms with van der Waals surface area (Å²) in [5, 5.41) is 13.6. The molecule has 0 saturated heterocycles. The van der Waals surface area contributed by atoms with Gasteiger partial charge >= 0.3 is 6.09 Å². The van der Waals surface area contributed by atoms with Crippen molar-refractivity contribution in [3.8, 4) is 0 Å². The number of carboxylic acid groups (broad SMARTS) is 1. The van der Waals surface area contributed by atoms with Gasteiger partial charge in [-0.15, -0.1) is 0 Å². The first kappa shape index (κ1) is 14.0. The van der Waals surface area contributed by atoms with Crippen LogP contribution in [0.15, 0.2) is 30.3 Å². The predicted molar refractivity (Wildman–Crippen MR) is 69.5 cm³/mol. The van der Waals surface area contributed by atoms with Crippen LogP contribution in [-0.2, 0) is 4.79 Å². The molecular formula is C13H18N2O3. The zero-order valence-corrected chi connectivity index (χ0v) is 10.3. The van der Waals surface area contributed by atoms with Crippen molar-refractivity contribution in [2.75, 3.05) is 5.32 Å². The monoisotopic (exact) mass is 250 g/mol. The number of nitrogens with one attached hydrogen (secondary N) is 2. The molecule has 18 heavy (non-hydrogen) atoms. The van der Waals surface area contributed by atoms with E-state index < -0.39 is 12.1 Å². The number of anilines is 1. The second-order valence-corrected chi connectivity index (χ2v) is 4.00. The molecule has 0 heterocycles. The summed E-state index contributed by atoms with van der Waals surface area (Å²) < 4.78 is 0. The van der Waals surface area contributed by atoms with Crippen LogP contribution in [0, 0.1) is 0 Å². The molecule has 0 radical (unpaired) electrons. The lowest BCUT2D eigenvalue weighted by Crippen LogP contribution is -2.43. The number of rotatable bonds is 6. The second-order valence-electron chi connectivity index (χ2n) is 4.00. The summed E-state index contributed by atoms with van der Waals surface area (Å²) in [4.78, 5) is 22.6. The third kappa shape index (κ3) is 4.86. The summed E-state index contributed by atoms with van der Waals surface area (Å²) in [6.07, 6.45) is 1.03. The number of amides is 2. The predicted octanol–water partition coefficient (Wildman–Crippen LogP) is 2.45. The molecule has 2 amide bonds. The van der Waals surface area contributed by atoms with E-state index in [9.17, 15) is 9.59 Å². The van der Waals surface area contributed by atoms with Crippen LogP contribution in [0.25, 0.3) is 0 Å². The minimum absolute atomic E-state index is 0.322. The van der Waals surface area contributed by atoms with Crippen LogP contribution in [0.3, 0.4) is 0 Å². The molecule has 0 aromatic heterocycles. The van der Waals surface area contributed by atoms with Crippen molar-refractivity contribution in [3.63, 3.8) is 0 Å². The molecule has 1 atom stereocenters. The van der Waals surface area contributed by atoms with Gasteiger partial charge in [0.1, 0.15) is 6.04 Å². The van der Waals surface area contributed by atoms with Gasteiger partial charge in [-0.05, 0) is 18.6 Å². The summed E-state index contributed by atoms with van der Waals surface area (Å²) in [5.74, 6) is -0.322. The summed E-state index contributed by atoms with van der Waals surface area (Å²) in [6.45, 7) is 1.99. The van der Waals surface area contributed by atoms with Gasteiger partial charge in [-0.2, -0.15) is 0 Å². The number of hydrogen-bond donors (Lipinski definition) is 3. The number of hydrogen-bond acceptors (Lipinski definition) is 2. The molecule has 3 N–H and O–H groups in total. The van der Waals surface area contributed by atoms with Gasteiger partial charge in [0.05, 0.1) is 0 Å². The van der Waals surface area contributed by atoms with Crippen molar-refractivity contribution < 1.29 is 14.7 Å². The minimum Gasteiger partial charge on any atom is -0.465 e. The molecule has 0 bridgehead atoms. The quantitative estimate of drug-likeness (QED) is 0.725. The fraction of sp³-hybridized carbons (Fsp3) is 0.385. The largest absolute Gasteiger partial charge is 0.465 e. The van der Waals surface area contributed by atoms with Crippen LogP contribution in [-0.4, -0.2) is 23.1 Å². The second kappa shape index (κ2) is 7.32. The van der Waals surface area contributed by atoms with Gasteiger partial charge in [0.25, 0.3) is 0 Å². The van der Waals surface area contributed by atoms with E-state index in [0.29, 0.717) is 12.1 Å². The fourth-order valence-electron chi connectivity index (χ4n) is 1.58. The van der Waals surface area contributed by atoms with Gasteiger partial charge in [-0.3, -0.25) is 4.79 Å². The van der Waals surface area contributed by atoms with Crippen LogP contribution >= 0.6 is 0 Å². The molecule has 98 valence electrons. The highest BCUT2D eigenvalue weighted by atomic mass is 16.4. The van der Waals surface area contributed by atoms with E-state index in [0.717, 1.165) is 12.8 Å². The van der Waals surface area contributed by atoms with Gasteiger partial charge in [-0.25, -0.2) is 4.79 Å².